The van der Waals surface area contributed by atoms with E-state index in [0.29, 0.717) is 0 Å². The Morgan fingerprint density at radius 1 is 1.80 bits per heavy atom. The second-order valence-electron chi connectivity index (χ2n) is 0.353. The van der Waals surface area contributed by atoms with E-state index in [-0.39, 0.29) is 18.6 Å². The minimum absolute atomic E-state index is 0. The van der Waals surface area contributed by atoms with Crippen LogP contribution in [0.1, 0.15) is 0 Å². The van der Waals surface area contributed by atoms with Crippen molar-refractivity contribution in [1.82, 2.24) is 0 Å². The summed E-state index contributed by atoms with van der Waals surface area (Å²) in [4.78, 5) is 3.26. The molecule has 0 heterocycles. The van der Waals surface area contributed by atoms with E-state index < -0.39 is 0 Å². The van der Waals surface area contributed by atoms with E-state index in [2.05, 4.69) is 17.1 Å². The molecule has 0 saturated heterocycles. The molecular formula is C2H5N2V+. The molecule has 0 aromatic carbocycles. The Morgan fingerprint density at radius 2 is 2.00 bits per heavy atom. The molecule has 2 nitrogen and oxygen atoms in total. The first kappa shape index (κ1) is 8.91. The quantitative estimate of drug-likeness (QED) is 0.193. The molecule has 0 rings (SSSR count). The van der Waals surface area contributed by atoms with Gasteiger partial charge in [0.1, 0.15) is 0 Å². The molecule has 0 fully saturated rings. The molecular weight excluding hydrogens is 103 g/mol. The Morgan fingerprint density at radius 3 is 2.00 bits per heavy atom. The maximum atomic E-state index is 4.61. The van der Waals surface area contributed by atoms with Gasteiger partial charge in [-0.2, -0.15) is 0 Å². The molecule has 0 bridgehead atoms. The molecule has 0 aliphatic rings. The van der Waals surface area contributed by atoms with Gasteiger partial charge in [-0.05, 0) is 7.05 Å². The zero-order valence-electron chi connectivity index (χ0n) is 2.97. The van der Waals surface area contributed by atoms with Crippen molar-refractivity contribution < 1.29 is 18.6 Å². The third kappa shape index (κ3) is 15.4. The second-order valence-corrected chi connectivity index (χ2v) is 0.353. The van der Waals surface area contributed by atoms with Gasteiger partial charge in [-0.25, -0.2) is 0 Å². The molecule has 0 aromatic heterocycles. The first-order chi connectivity index (χ1) is 1.91. The number of hydrogen-bond acceptors (Lipinski definition) is 1. The van der Waals surface area contributed by atoms with Crippen LogP contribution in [0.3, 0.4) is 0 Å². The van der Waals surface area contributed by atoms with E-state index in [0.717, 1.165) is 0 Å². The summed E-state index contributed by atoms with van der Waals surface area (Å²) in [5.41, 5.74) is 4.61. The first-order valence-corrected chi connectivity index (χ1v) is 0.959. The Kier molecular flexibility index (Phi) is 16.0. The van der Waals surface area contributed by atoms with Crippen LogP contribution in [0.4, 0.5) is 0 Å². The van der Waals surface area contributed by atoms with Crippen molar-refractivity contribution in [2.75, 3.05) is 7.05 Å². The van der Waals surface area contributed by atoms with Gasteiger partial charge in [0, 0.05) is 0 Å². The summed E-state index contributed by atoms with van der Waals surface area (Å²) in [6, 6.07) is 0. The fourth-order valence-electron chi connectivity index (χ4n) is 0. The first-order valence-electron chi connectivity index (χ1n) is 0.959. The molecule has 3 heteroatoms. The summed E-state index contributed by atoms with van der Waals surface area (Å²) >= 11 is 0. The summed E-state index contributed by atoms with van der Waals surface area (Å²) in [7, 11) is 1.57. The number of nitrogens with zero attached hydrogens (tertiary/aromatic N) is 1. The zero-order chi connectivity index (χ0) is 3.41. The maximum Gasteiger partial charge on any atom is 2.00 e. The minimum atomic E-state index is 0. The van der Waals surface area contributed by atoms with E-state index >= 15 is 0 Å². The second kappa shape index (κ2) is 8.96. The van der Waals surface area contributed by atoms with Crippen molar-refractivity contribution in [1.29, 1.82) is 0 Å². The zero-order valence-corrected chi connectivity index (χ0v) is 4.37. The molecule has 0 aromatic rings. The average molecular weight is 108 g/mol. The van der Waals surface area contributed by atoms with Crippen molar-refractivity contribution >= 4 is 6.34 Å². The topological polar surface area (TPSA) is 38.4 Å². The van der Waals surface area contributed by atoms with Crippen LogP contribution in [0, 0.1) is 0 Å². The van der Waals surface area contributed by atoms with Crippen molar-refractivity contribution in [2.24, 2.45) is 10.7 Å². The molecule has 0 spiro atoms. The summed E-state index contributed by atoms with van der Waals surface area (Å²) in [6.45, 7) is 0. The Bertz CT molecular complexity index is 22.8. The van der Waals surface area contributed by atoms with Crippen molar-refractivity contribution in [3.63, 3.8) is 0 Å². The Hall–Kier alpha value is 0.0544. The summed E-state index contributed by atoms with van der Waals surface area (Å²) < 4.78 is 0. The van der Waals surface area contributed by atoms with E-state index in [9.17, 15) is 0 Å². The molecule has 0 atom stereocenters. The molecule has 27 valence electrons. The van der Waals surface area contributed by atoms with Crippen LogP contribution in [-0.2, 0) is 18.6 Å². The van der Waals surface area contributed by atoms with Gasteiger partial charge in [-0.15, -0.1) is 0 Å². The number of aliphatic imine (C=N–C) groups is 1. The average Bonchev–Trinajstić information content (AvgIpc) is 1.37. The van der Waals surface area contributed by atoms with Crippen LogP contribution >= 0.6 is 0 Å². The SMILES string of the molecule is CN=[C-]N.[V+2]. The van der Waals surface area contributed by atoms with Crippen LogP contribution in [0.15, 0.2) is 4.99 Å². The third-order valence-electron chi connectivity index (χ3n) is 0.129. The molecule has 0 aliphatic carbocycles. The van der Waals surface area contributed by atoms with Gasteiger partial charge in [0.25, 0.3) is 0 Å². The molecule has 0 saturated carbocycles. The smallest absolute Gasteiger partial charge is 0.563 e. The van der Waals surface area contributed by atoms with Gasteiger partial charge in [0.05, 0.1) is 0 Å². The van der Waals surface area contributed by atoms with Crippen molar-refractivity contribution in [2.45, 2.75) is 0 Å². The molecule has 1 radical (unpaired) electrons. The van der Waals surface area contributed by atoms with E-state index in [1.807, 2.05) is 0 Å². The summed E-state index contributed by atoms with van der Waals surface area (Å²) in [6.07, 6.45) is 2.06. The maximum absolute atomic E-state index is 4.61. The molecule has 5 heavy (non-hydrogen) atoms. The molecule has 0 amide bonds. The van der Waals surface area contributed by atoms with Gasteiger partial charge < -0.3 is 17.1 Å². The fourth-order valence-corrected chi connectivity index (χ4v) is 0. The monoisotopic (exact) mass is 108 g/mol. The van der Waals surface area contributed by atoms with Crippen molar-refractivity contribution in [3.05, 3.63) is 0 Å². The fraction of sp³-hybridized carbons (Fsp3) is 0.500. The van der Waals surface area contributed by atoms with Crippen LogP contribution in [-0.4, -0.2) is 13.4 Å². The van der Waals surface area contributed by atoms with Gasteiger partial charge in [0.15, 0.2) is 0 Å². The molecule has 0 unspecified atom stereocenters. The summed E-state index contributed by atoms with van der Waals surface area (Å²) in [5.74, 6) is 0. The van der Waals surface area contributed by atoms with E-state index in [1.165, 1.54) is 0 Å². The van der Waals surface area contributed by atoms with Crippen LogP contribution in [0.5, 0.6) is 0 Å². The third-order valence-corrected chi connectivity index (χ3v) is 0.129. The van der Waals surface area contributed by atoms with Crippen LogP contribution in [0.25, 0.3) is 0 Å². The predicted molar refractivity (Wildman–Crippen MR) is 17.5 cm³/mol. The Labute approximate surface area is 43.3 Å². The van der Waals surface area contributed by atoms with E-state index in [4.69, 9.17) is 0 Å². The summed E-state index contributed by atoms with van der Waals surface area (Å²) in [5, 5.41) is 0. The number of nitrogens with two attached hydrogens (primary N) is 1. The largest absolute Gasteiger partial charge is 2.00 e. The van der Waals surface area contributed by atoms with E-state index in [1.54, 1.807) is 7.05 Å². The molecule has 0 aliphatic heterocycles. The van der Waals surface area contributed by atoms with Gasteiger partial charge in [-0.1, -0.05) is 0 Å². The number of hydrogen-bond donors (Lipinski definition) is 1. The standard InChI is InChI=1S/C2H5N2.V/c1-4-2-3;/h1H3,(H2,3,4);/q-1;+2. The predicted octanol–water partition coefficient (Wildman–Crippen LogP) is -0.522. The Balaban J connectivity index is 0. The van der Waals surface area contributed by atoms with Gasteiger partial charge in [0.2, 0.25) is 0 Å². The number of rotatable bonds is 0. The molecule has 2 N–H and O–H groups in total. The minimum Gasteiger partial charge on any atom is -0.563 e. The van der Waals surface area contributed by atoms with Gasteiger partial charge in [-0.3, -0.25) is 0 Å². The van der Waals surface area contributed by atoms with Gasteiger partial charge >= 0.3 is 18.6 Å². The van der Waals surface area contributed by atoms with Crippen molar-refractivity contribution in [3.8, 4) is 0 Å². The van der Waals surface area contributed by atoms with Crippen LogP contribution in [0.2, 0.25) is 0 Å². The normalized spacial score (nSPS) is 7.40. The van der Waals surface area contributed by atoms with Crippen LogP contribution < -0.4 is 5.73 Å².